The maximum atomic E-state index is 13.1. The Balaban J connectivity index is 1.82. The SMILES string of the molecule is COC(=O)N1c2ccc(-c3ccc(S(C)(=O)=O)cc3)cc2N(C(=O)c2ccco2)CC1C. The molecule has 3 aromatic rings. The number of methoxy groups -OCH3 is 1. The van der Waals surface area contributed by atoms with Crippen LogP contribution in [0, 0.1) is 0 Å². The molecule has 0 spiro atoms. The summed E-state index contributed by atoms with van der Waals surface area (Å²) in [6, 6.07) is 14.8. The maximum Gasteiger partial charge on any atom is 0.414 e. The van der Waals surface area contributed by atoms with Crippen molar-refractivity contribution in [1.29, 1.82) is 0 Å². The van der Waals surface area contributed by atoms with Crippen molar-refractivity contribution in [1.82, 2.24) is 0 Å². The Bertz CT molecular complexity index is 1270. The number of rotatable bonds is 3. The summed E-state index contributed by atoms with van der Waals surface area (Å²) >= 11 is 0. The fourth-order valence-electron chi connectivity index (χ4n) is 3.80. The van der Waals surface area contributed by atoms with Crippen LogP contribution in [0.4, 0.5) is 16.2 Å². The highest BCUT2D eigenvalue weighted by Gasteiger charge is 2.36. The second kappa shape index (κ2) is 8.16. The fraction of sp³-hybridized carbons (Fsp3) is 0.217. The normalized spacial score (nSPS) is 15.9. The molecular weight excluding hydrogens is 432 g/mol. The summed E-state index contributed by atoms with van der Waals surface area (Å²) in [6.07, 6.45) is 2.07. The Kier molecular flexibility index (Phi) is 5.52. The number of hydrogen-bond donors (Lipinski definition) is 0. The van der Waals surface area contributed by atoms with Gasteiger partial charge in [0.15, 0.2) is 15.6 Å². The van der Waals surface area contributed by atoms with Gasteiger partial charge in [0.25, 0.3) is 5.91 Å². The van der Waals surface area contributed by atoms with Gasteiger partial charge >= 0.3 is 6.09 Å². The van der Waals surface area contributed by atoms with E-state index in [1.807, 2.05) is 13.0 Å². The molecule has 2 amide bonds. The number of hydrogen-bond acceptors (Lipinski definition) is 6. The molecule has 0 bridgehead atoms. The van der Waals surface area contributed by atoms with Gasteiger partial charge in [-0.2, -0.15) is 0 Å². The average molecular weight is 455 g/mol. The monoisotopic (exact) mass is 454 g/mol. The van der Waals surface area contributed by atoms with Crippen LogP contribution in [0.25, 0.3) is 11.1 Å². The van der Waals surface area contributed by atoms with Crippen molar-refractivity contribution in [2.45, 2.75) is 17.9 Å². The molecule has 0 aliphatic carbocycles. The number of benzene rings is 2. The summed E-state index contributed by atoms with van der Waals surface area (Å²) in [5, 5.41) is 0. The Labute approximate surface area is 185 Å². The van der Waals surface area contributed by atoms with Crippen LogP contribution in [0.1, 0.15) is 17.5 Å². The number of sulfone groups is 1. The quantitative estimate of drug-likeness (QED) is 0.594. The lowest BCUT2D eigenvalue weighted by Crippen LogP contribution is -2.52. The molecule has 9 heteroatoms. The smallest absolute Gasteiger partial charge is 0.414 e. The van der Waals surface area contributed by atoms with Gasteiger partial charge in [-0.25, -0.2) is 13.2 Å². The molecule has 8 nitrogen and oxygen atoms in total. The summed E-state index contributed by atoms with van der Waals surface area (Å²) < 4.78 is 33.8. The van der Waals surface area contributed by atoms with Gasteiger partial charge in [-0.3, -0.25) is 9.69 Å². The minimum atomic E-state index is -3.31. The Morgan fingerprint density at radius 2 is 1.72 bits per heavy atom. The molecule has 1 unspecified atom stereocenters. The summed E-state index contributed by atoms with van der Waals surface area (Å²) in [7, 11) is -2.00. The van der Waals surface area contributed by atoms with E-state index in [2.05, 4.69) is 0 Å². The zero-order valence-corrected chi connectivity index (χ0v) is 18.6. The largest absolute Gasteiger partial charge is 0.459 e. The molecule has 4 rings (SSSR count). The molecule has 0 radical (unpaired) electrons. The summed E-state index contributed by atoms with van der Waals surface area (Å²) in [5.41, 5.74) is 2.60. The number of amides is 2. The van der Waals surface area contributed by atoms with Crippen LogP contribution < -0.4 is 9.80 Å². The lowest BCUT2D eigenvalue weighted by Gasteiger charge is -2.40. The van der Waals surface area contributed by atoms with Gasteiger partial charge < -0.3 is 14.1 Å². The molecule has 1 aliphatic heterocycles. The highest BCUT2D eigenvalue weighted by molar-refractivity contribution is 7.90. The van der Waals surface area contributed by atoms with E-state index in [-0.39, 0.29) is 29.1 Å². The molecule has 0 N–H and O–H groups in total. The van der Waals surface area contributed by atoms with Crippen molar-refractivity contribution in [3.63, 3.8) is 0 Å². The van der Waals surface area contributed by atoms with Crippen molar-refractivity contribution in [3.05, 3.63) is 66.6 Å². The number of ether oxygens (including phenoxy) is 1. The van der Waals surface area contributed by atoms with Crippen LogP contribution in [0.2, 0.25) is 0 Å². The second-order valence-corrected chi connectivity index (χ2v) is 9.60. The second-order valence-electron chi connectivity index (χ2n) is 7.58. The van der Waals surface area contributed by atoms with Gasteiger partial charge in [-0.05, 0) is 54.4 Å². The van der Waals surface area contributed by atoms with Gasteiger partial charge in [-0.15, -0.1) is 0 Å². The van der Waals surface area contributed by atoms with Crippen molar-refractivity contribution in [2.75, 3.05) is 29.7 Å². The van der Waals surface area contributed by atoms with E-state index in [0.717, 1.165) is 17.4 Å². The molecule has 166 valence electrons. The van der Waals surface area contributed by atoms with Crippen LogP contribution in [0.15, 0.2) is 70.2 Å². The Hall–Kier alpha value is -3.59. The molecule has 2 aromatic carbocycles. The first kappa shape index (κ1) is 21.6. The van der Waals surface area contributed by atoms with Gasteiger partial charge in [0.2, 0.25) is 0 Å². The number of carbonyl (C=O) groups is 2. The van der Waals surface area contributed by atoms with Crippen molar-refractivity contribution in [2.24, 2.45) is 0 Å². The van der Waals surface area contributed by atoms with Crippen LogP contribution in [0.5, 0.6) is 0 Å². The third-order valence-electron chi connectivity index (χ3n) is 5.38. The van der Waals surface area contributed by atoms with Crippen LogP contribution in [-0.2, 0) is 14.6 Å². The molecule has 1 aromatic heterocycles. The van der Waals surface area contributed by atoms with E-state index in [4.69, 9.17) is 9.15 Å². The van der Waals surface area contributed by atoms with E-state index >= 15 is 0 Å². The number of anilines is 2. The van der Waals surface area contributed by atoms with Crippen LogP contribution in [0.3, 0.4) is 0 Å². The first-order chi connectivity index (χ1) is 15.2. The van der Waals surface area contributed by atoms with E-state index < -0.39 is 15.9 Å². The van der Waals surface area contributed by atoms with Gasteiger partial charge in [0.1, 0.15) is 0 Å². The van der Waals surface area contributed by atoms with E-state index in [9.17, 15) is 18.0 Å². The molecule has 0 saturated heterocycles. The van der Waals surface area contributed by atoms with Gasteiger partial charge in [0, 0.05) is 12.8 Å². The number of nitrogens with zero attached hydrogens (tertiary/aromatic N) is 2. The summed E-state index contributed by atoms with van der Waals surface area (Å²) in [4.78, 5) is 28.9. The predicted molar refractivity (Wildman–Crippen MR) is 120 cm³/mol. The lowest BCUT2D eigenvalue weighted by molar-refractivity contribution is 0.0956. The summed E-state index contributed by atoms with van der Waals surface area (Å²) in [6.45, 7) is 2.08. The Morgan fingerprint density at radius 3 is 2.31 bits per heavy atom. The third-order valence-corrected chi connectivity index (χ3v) is 6.51. The standard InChI is InChI=1S/C23H22N2O6S/c1-15-14-24(22(26)21-5-4-12-31-21)20-13-17(8-11-19(20)25(15)23(27)30-2)16-6-9-18(10-7-16)32(3,28)29/h4-13,15H,14H2,1-3H3. The molecule has 0 saturated carbocycles. The zero-order valence-electron chi connectivity index (χ0n) is 17.8. The van der Waals surface area contributed by atoms with Gasteiger partial charge in [0.05, 0.1) is 35.7 Å². The Morgan fingerprint density at radius 1 is 1.03 bits per heavy atom. The molecule has 2 heterocycles. The number of furan rings is 1. The molecule has 32 heavy (non-hydrogen) atoms. The minimum Gasteiger partial charge on any atom is -0.459 e. The van der Waals surface area contributed by atoms with E-state index in [1.165, 1.54) is 18.3 Å². The molecule has 0 fully saturated rings. The fourth-order valence-corrected chi connectivity index (χ4v) is 4.43. The highest BCUT2D eigenvalue weighted by atomic mass is 32.2. The van der Waals surface area contributed by atoms with Crippen LogP contribution >= 0.6 is 0 Å². The topological polar surface area (TPSA) is 97.1 Å². The van der Waals surface area contributed by atoms with E-state index in [1.54, 1.807) is 53.4 Å². The lowest BCUT2D eigenvalue weighted by atomic mass is 10.0. The zero-order chi connectivity index (χ0) is 23.0. The van der Waals surface area contributed by atoms with Crippen LogP contribution in [-0.4, -0.2) is 46.4 Å². The maximum absolute atomic E-state index is 13.1. The van der Waals surface area contributed by atoms with Crippen molar-refractivity contribution in [3.8, 4) is 11.1 Å². The number of carbonyl (C=O) groups excluding carboxylic acids is 2. The molecule has 1 atom stereocenters. The number of fused-ring (bicyclic) bond motifs is 1. The highest BCUT2D eigenvalue weighted by Crippen LogP contribution is 2.40. The third kappa shape index (κ3) is 3.87. The molecule has 1 aliphatic rings. The van der Waals surface area contributed by atoms with Crippen molar-refractivity contribution >= 4 is 33.2 Å². The first-order valence-electron chi connectivity index (χ1n) is 9.88. The minimum absolute atomic E-state index is 0.192. The van der Waals surface area contributed by atoms with E-state index in [0.29, 0.717) is 11.4 Å². The summed E-state index contributed by atoms with van der Waals surface area (Å²) in [5.74, 6) is -0.130. The predicted octanol–water partition coefficient (Wildman–Crippen LogP) is 3.97. The first-order valence-corrected chi connectivity index (χ1v) is 11.8. The van der Waals surface area contributed by atoms with Gasteiger partial charge in [-0.1, -0.05) is 18.2 Å². The van der Waals surface area contributed by atoms with Crippen molar-refractivity contribution < 1.29 is 27.2 Å². The molecular formula is C23H22N2O6S. The average Bonchev–Trinajstić information content (AvgIpc) is 3.32.